The SMILES string of the molecule is C=CCN1C[C@@H](C(=O)N[C@H]2CC(C)(C)Cc3nc(N4CCCC4)ncc32)CC1=O. The lowest BCUT2D eigenvalue weighted by atomic mass is 9.74. The number of carbonyl (C=O) groups excluding carboxylic acids is 2. The lowest BCUT2D eigenvalue weighted by Crippen LogP contribution is -2.40. The number of hydrogen-bond donors (Lipinski definition) is 1. The van der Waals surface area contributed by atoms with E-state index in [1.165, 1.54) is 12.8 Å². The van der Waals surface area contributed by atoms with Gasteiger partial charge < -0.3 is 15.1 Å². The van der Waals surface area contributed by atoms with Crippen molar-refractivity contribution in [2.75, 3.05) is 31.1 Å². The molecule has 2 aliphatic heterocycles. The van der Waals surface area contributed by atoms with E-state index in [1.807, 2.05) is 6.20 Å². The average Bonchev–Trinajstić information content (AvgIpc) is 3.31. The van der Waals surface area contributed by atoms with Gasteiger partial charge >= 0.3 is 0 Å². The molecule has 2 atom stereocenters. The molecule has 156 valence electrons. The molecule has 0 spiro atoms. The van der Waals surface area contributed by atoms with Gasteiger partial charge in [0.15, 0.2) is 0 Å². The second-order valence-electron chi connectivity index (χ2n) is 9.36. The predicted octanol–water partition coefficient (Wildman–Crippen LogP) is 2.24. The fraction of sp³-hybridized carbons (Fsp3) is 0.636. The lowest BCUT2D eigenvalue weighted by molar-refractivity contribution is -0.129. The second kappa shape index (κ2) is 7.76. The smallest absolute Gasteiger partial charge is 0.225 e. The van der Waals surface area contributed by atoms with E-state index in [0.29, 0.717) is 13.1 Å². The van der Waals surface area contributed by atoms with Gasteiger partial charge in [-0.15, -0.1) is 6.58 Å². The van der Waals surface area contributed by atoms with Crippen LogP contribution in [0.5, 0.6) is 0 Å². The zero-order chi connectivity index (χ0) is 20.6. The first-order chi connectivity index (χ1) is 13.9. The molecule has 0 radical (unpaired) electrons. The highest BCUT2D eigenvalue weighted by molar-refractivity contribution is 5.89. The van der Waals surface area contributed by atoms with Crippen molar-refractivity contribution in [3.8, 4) is 0 Å². The summed E-state index contributed by atoms with van der Waals surface area (Å²) in [6, 6.07) is -0.113. The Bertz CT molecular complexity index is 815. The highest BCUT2D eigenvalue weighted by Crippen LogP contribution is 2.40. The van der Waals surface area contributed by atoms with Crippen molar-refractivity contribution in [2.45, 2.75) is 52.0 Å². The number of carbonyl (C=O) groups is 2. The van der Waals surface area contributed by atoms with Crippen LogP contribution in [0.25, 0.3) is 0 Å². The number of nitrogens with one attached hydrogen (secondary N) is 1. The van der Waals surface area contributed by atoms with Crippen molar-refractivity contribution in [1.29, 1.82) is 0 Å². The van der Waals surface area contributed by atoms with E-state index in [2.05, 4.69) is 35.6 Å². The van der Waals surface area contributed by atoms with E-state index in [4.69, 9.17) is 4.98 Å². The molecule has 4 rings (SSSR count). The quantitative estimate of drug-likeness (QED) is 0.771. The zero-order valence-electron chi connectivity index (χ0n) is 17.5. The molecule has 1 aromatic heterocycles. The van der Waals surface area contributed by atoms with Crippen LogP contribution in [-0.4, -0.2) is 52.9 Å². The van der Waals surface area contributed by atoms with Crippen molar-refractivity contribution in [2.24, 2.45) is 11.3 Å². The van der Waals surface area contributed by atoms with Gasteiger partial charge in [0.1, 0.15) is 0 Å². The lowest BCUT2D eigenvalue weighted by Gasteiger charge is -2.37. The molecule has 2 amide bonds. The first-order valence-electron chi connectivity index (χ1n) is 10.7. The minimum atomic E-state index is -0.305. The summed E-state index contributed by atoms with van der Waals surface area (Å²) in [7, 11) is 0. The van der Waals surface area contributed by atoms with Gasteiger partial charge in [0.25, 0.3) is 0 Å². The molecule has 2 fully saturated rings. The highest BCUT2D eigenvalue weighted by Gasteiger charge is 2.38. The van der Waals surface area contributed by atoms with Gasteiger partial charge in [0.05, 0.1) is 17.7 Å². The number of fused-ring (bicyclic) bond motifs is 1. The number of aromatic nitrogens is 2. The molecule has 0 saturated carbocycles. The molecular weight excluding hydrogens is 366 g/mol. The van der Waals surface area contributed by atoms with Crippen LogP contribution in [0.4, 0.5) is 5.95 Å². The maximum absolute atomic E-state index is 12.9. The number of hydrogen-bond acceptors (Lipinski definition) is 5. The Labute approximate surface area is 172 Å². The van der Waals surface area contributed by atoms with Crippen LogP contribution in [0, 0.1) is 11.3 Å². The van der Waals surface area contributed by atoms with Crippen molar-refractivity contribution in [1.82, 2.24) is 20.2 Å². The highest BCUT2D eigenvalue weighted by atomic mass is 16.2. The Morgan fingerprint density at radius 2 is 2.14 bits per heavy atom. The molecule has 29 heavy (non-hydrogen) atoms. The molecule has 1 aliphatic carbocycles. The third-order valence-corrected chi connectivity index (χ3v) is 6.31. The summed E-state index contributed by atoms with van der Waals surface area (Å²) in [5.41, 5.74) is 2.11. The predicted molar refractivity (Wildman–Crippen MR) is 111 cm³/mol. The van der Waals surface area contributed by atoms with Crippen LogP contribution < -0.4 is 10.2 Å². The number of rotatable bonds is 5. The van der Waals surface area contributed by atoms with Gasteiger partial charge in [0.2, 0.25) is 17.8 Å². The van der Waals surface area contributed by atoms with Gasteiger partial charge in [-0.25, -0.2) is 9.97 Å². The van der Waals surface area contributed by atoms with Crippen molar-refractivity contribution < 1.29 is 9.59 Å². The molecule has 3 heterocycles. The minimum absolute atomic E-state index is 0.0213. The van der Waals surface area contributed by atoms with Crippen LogP contribution in [0.15, 0.2) is 18.9 Å². The first-order valence-corrected chi connectivity index (χ1v) is 10.7. The molecule has 0 bridgehead atoms. The molecule has 7 heteroatoms. The van der Waals surface area contributed by atoms with Crippen molar-refractivity contribution >= 4 is 17.8 Å². The Hall–Kier alpha value is -2.44. The topological polar surface area (TPSA) is 78.4 Å². The Kier molecular flexibility index (Phi) is 5.32. The van der Waals surface area contributed by atoms with Crippen LogP contribution >= 0.6 is 0 Å². The van der Waals surface area contributed by atoms with Crippen molar-refractivity contribution in [3.63, 3.8) is 0 Å². The maximum atomic E-state index is 12.9. The molecular formula is C22H31N5O2. The van der Waals surface area contributed by atoms with E-state index >= 15 is 0 Å². The fourth-order valence-corrected chi connectivity index (χ4v) is 4.80. The molecule has 0 unspecified atom stereocenters. The van der Waals surface area contributed by atoms with Gasteiger partial charge in [-0.05, 0) is 31.1 Å². The number of nitrogens with zero attached hydrogens (tertiary/aromatic N) is 4. The van der Waals surface area contributed by atoms with Crippen LogP contribution in [0.2, 0.25) is 0 Å². The van der Waals surface area contributed by atoms with Crippen LogP contribution in [0.1, 0.15) is 56.8 Å². The van der Waals surface area contributed by atoms with Gasteiger partial charge in [0, 0.05) is 44.4 Å². The summed E-state index contributed by atoms with van der Waals surface area (Å²) < 4.78 is 0. The van der Waals surface area contributed by atoms with Gasteiger partial charge in [-0.1, -0.05) is 19.9 Å². The normalized spacial score (nSPS) is 25.8. The molecule has 2 saturated heterocycles. The molecule has 7 nitrogen and oxygen atoms in total. The maximum Gasteiger partial charge on any atom is 0.225 e. The number of anilines is 1. The molecule has 0 aromatic carbocycles. The monoisotopic (exact) mass is 397 g/mol. The van der Waals surface area contributed by atoms with E-state index in [1.54, 1.807) is 11.0 Å². The molecule has 3 aliphatic rings. The molecule has 1 N–H and O–H groups in total. The molecule has 1 aromatic rings. The zero-order valence-corrected chi connectivity index (χ0v) is 17.5. The van der Waals surface area contributed by atoms with Crippen LogP contribution in [0.3, 0.4) is 0 Å². The Morgan fingerprint density at radius 1 is 1.38 bits per heavy atom. The Balaban J connectivity index is 1.51. The summed E-state index contributed by atoms with van der Waals surface area (Å²) in [6.07, 6.45) is 7.98. The summed E-state index contributed by atoms with van der Waals surface area (Å²) in [4.78, 5) is 38.5. The van der Waals surface area contributed by atoms with E-state index in [9.17, 15) is 9.59 Å². The largest absolute Gasteiger partial charge is 0.349 e. The summed E-state index contributed by atoms with van der Waals surface area (Å²) in [5.74, 6) is 0.474. The van der Waals surface area contributed by atoms with Gasteiger partial charge in [-0.2, -0.15) is 0 Å². The number of likely N-dealkylation sites (tertiary alicyclic amines) is 1. The number of amides is 2. The Morgan fingerprint density at radius 3 is 2.86 bits per heavy atom. The average molecular weight is 398 g/mol. The van der Waals surface area contributed by atoms with Crippen molar-refractivity contribution in [3.05, 3.63) is 30.1 Å². The van der Waals surface area contributed by atoms with E-state index < -0.39 is 0 Å². The van der Waals surface area contributed by atoms with E-state index in [-0.39, 0.29) is 35.6 Å². The summed E-state index contributed by atoms with van der Waals surface area (Å²) >= 11 is 0. The first kappa shape index (κ1) is 19.9. The minimum Gasteiger partial charge on any atom is -0.349 e. The third-order valence-electron chi connectivity index (χ3n) is 6.31. The summed E-state index contributed by atoms with van der Waals surface area (Å²) in [5, 5.41) is 3.21. The fourth-order valence-electron chi connectivity index (χ4n) is 4.80. The third kappa shape index (κ3) is 4.14. The van der Waals surface area contributed by atoms with Crippen LogP contribution in [-0.2, 0) is 16.0 Å². The standard InChI is InChI=1S/C22H31N5O2/c1-4-7-27-14-15(10-19(27)28)20(29)24-17-11-22(2,3)12-18-16(17)13-23-21(25-18)26-8-5-6-9-26/h4,13,15,17H,1,5-12,14H2,2-3H3,(H,24,29)/t15-,17-/m0/s1. The van der Waals surface area contributed by atoms with E-state index in [0.717, 1.165) is 43.1 Å². The second-order valence-corrected chi connectivity index (χ2v) is 9.36. The summed E-state index contributed by atoms with van der Waals surface area (Å²) in [6.45, 7) is 11.1. The van der Waals surface area contributed by atoms with Gasteiger partial charge in [-0.3, -0.25) is 9.59 Å².